The fourth-order valence-electron chi connectivity index (χ4n) is 1.87. The highest BCUT2D eigenvalue weighted by Gasteiger charge is 2.16. The van der Waals surface area contributed by atoms with Gasteiger partial charge in [0.05, 0.1) is 5.75 Å². The Bertz CT molecular complexity index is 683. The predicted molar refractivity (Wildman–Crippen MR) is 79.3 cm³/mol. The van der Waals surface area contributed by atoms with Crippen LogP contribution < -0.4 is 5.32 Å². The summed E-state index contributed by atoms with van der Waals surface area (Å²) in [5.74, 6) is -1.20. The number of hydrogen-bond donors (Lipinski definition) is 2. The maximum atomic E-state index is 11.8. The number of carboxylic acids is 1. The van der Waals surface area contributed by atoms with Crippen LogP contribution in [0.4, 0.5) is 0 Å². The highest BCUT2D eigenvalue weighted by Crippen LogP contribution is 2.23. The number of amides is 1. The Balaban J connectivity index is 2.39. The number of aliphatic carboxylic acids is 1. The number of nitrogens with zero attached hydrogens (tertiary/aromatic N) is 3. The SMILES string of the molecule is CCNC(=O)Cn1c(SCC(=O)O)nc2cc(C)cnc21. The van der Waals surface area contributed by atoms with Crippen LogP contribution in [0, 0.1) is 6.92 Å². The van der Waals surface area contributed by atoms with E-state index in [-0.39, 0.29) is 18.2 Å². The van der Waals surface area contributed by atoms with Crippen LogP contribution in [-0.4, -0.2) is 43.8 Å². The number of fused-ring (bicyclic) bond motifs is 1. The van der Waals surface area contributed by atoms with Crippen molar-refractivity contribution in [2.45, 2.75) is 25.5 Å². The first-order valence-electron chi connectivity index (χ1n) is 6.45. The summed E-state index contributed by atoms with van der Waals surface area (Å²) in [4.78, 5) is 31.2. The van der Waals surface area contributed by atoms with Crippen LogP contribution >= 0.6 is 11.8 Å². The molecule has 0 aliphatic heterocycles. The van der Waals surface area contributed by atoms with Gasteiger partial charge in [-0.05, 0) is 25.5 Å². The molecule has 2 aromatic rings. The number of pyridine rings is 1. The van der Waals surface area contributed by atoms with E-state index < -0.39 is 5.97 Å². The maximum Gasteiger partial charge on any atom is 0.313 e. The summed E-state index contributed by atoms with van der Waals surface area (Å²) < 4.78 is 1.65. The summed E-state index contributed by atoms with van der Waals surface area (Å²) in [6.07, 6.45) is 1.70. The molecule has 21 heavy (non-hydrogen) atoms. The van der Waals surface area contributed by atoms with Crippen molar-refractivity contribution in [1.29, 1.82) is 0 Å². The molecule has 0 aliphatic rings. The van der Waals surface area contributed by atoms with E-state index in [0.29, 0.717) is 22.9 Å². The average molecular weight is 308 g/mol. The molecule has 0 aliphatic carbocycles. The van der Waals surface area contributed by atoms with Crippen molar-refractivity contribution in [3.63, 3.8) is 0 Å². The topological polar surface area (TPSA) is 97.1 Å². The van der Waals surface area contributed by atoms with E-state index in [0.717, 1.165) is 17.3 Å². The molecular weight excluding hydrogens is 292 g/mol. The first kappa shape index (κ1) is 15.3. The van der Waals surface area contributed by atoms with Crippen molar-refractivity contribution in [3.05, 3.63) is 17.8 Å². The zero-order valence-corrected chi connectivity index (χ0v) is 12.6. The number of aromatic nitrogens is 3. The van der Waals surface area contributed by atoms with E-state index in [9.17, 15) is 9.59 Å². The van der Waals surface area contributed by atoms with Crippen LogP contribution in [0.15, 0.2) is 17.4 Å². The standard InChI is InChI=1S/C13H16N4O3S/c1-3-14-10(18)6-17-12-9(4-8(2)5-15-12)16-13(17)21-7-11(19)20/h4-5H,3,6-7H2,1-2H3,(H,14,18)(H,19,20). The van der Waals surface area contributed by atoms with E-state index >= 15 is 0 Å². The van der Waals surface area contributed by atoms with E-state index in [1.807, 2.05) is 19.9 Å². The summed E-state index contributed by atoms with van der Waals surface area (Å²) >= 11 is 1.08. The molecule has 2 rings (SSSR count). The molecule has 2 aromatic heterocycles. The van der Waals surface area contributed by atoms with Crippen LogP contribution in [0.25, 0.3) is 11.2 Å². The molecule has 112 valence electrons. The lowest BCUT2D eigenvalue weighted by Gasteiger charge is -2.07. The molecule has 0 saturated heterocycles. The summed E-state index contributed by atoms with van der Waals surface area (Å²) in [6, 6.07) is 1.86. The molecule has 7 nitrogen and oxygen atoms in total. The van der Waals surface area contributed by atoms with Crippen molar-refractivity contribution < 1.29 is 14.7 Å². The van der Waals surface area contributed by atoms with Crippen molar-refractivity contribution in [2.24, 2.45) is 0 Å². The summed E-state index contributed by atoms with van der Waals surface area (Å²) in [5, 5.41) is 12.0. The van der Waals surface area contributed by atoms with Gasteiger partial charge in [0.2, 0.25) is 5.91 Å². The number of aryl methyl sites for hydroxylation is 1. The Morgan fingerprint density at radius 3 is 2.90 bits per heavy atom. The summed E-state index contributed by atoms with van der Waals surface area (Å²) in [5.41, 5.74) is 2.20. The highest BCUT2D eigenvalue weighted by molar-refractivity contribution is 7.99. The molecule has 1 amide bonds. The minimum Gasteiger partial charge on any atom is -0.481 e. The van der Waals surface area contributed by atoms with Gasteiger partial charge in [-0.15, -0.1) is 0 Å². The van der Waals surface area contributed by atoms with Crippen molar-refractivity contribution in [3.8, 4) is 0 Å². The Kier molecular flexibility index (Phi) is 4.79. The minimum atomic E-state index is -0.930. The van der Waals surface area contributed by atoms with E-state index in [4.69, 9.17) is 5.11 Å². The Hall–Kier alpha value is -2.09. The number of nitrogens with one attached hydrogen (secondary N) is 1. The molecule has 0 atom stereocenters. The average Bonchev–Trinajstić information content (AvgIpc) is 2.74. The zero-order valence-electron chi connectivity index (χ0n) is 11.8. The Morgan fingerprint density at radius 1 is 1.48 bits per heavy atom. The molecule has 0 aromatic carbocycles. The Labute approximate surface area is 125 Å². The number of thioether (sulfide) groups is 1. The predicted octanol–water partition coefficient (Wildman–Crippen LogP) is 1.05. The first-order valence-corrected chi connectivity index (χ1v) is 7.44. The van der Waals surface area contributed by atoms with Crippen molar-refractivity contribution in [2.75, 3.05) is 12.3 Å². The monoisotopic (exact) mass is 308 g/mol. The van der Waals surface area contributed by atoms with E-state index in [2.05, 4.69) is 15.3 Å². The molecule has 0 spiro atoms. The second-order valence-corrected chi connectivity index (χ2v) is 5.41. The number of hydrogen-bond acceptors (Lipinski definition) is 5. The van der Waals surface area contributed by atoms with Gasteiger partial charge in [0.1, 0.15) is 12.1 Å². The zero-order chi connectivity index (χ0) is 15.4. The van der Waals surface area contributed by atoms with Crippen molar-refractivity contribution in [1.82, 2.24) is 19.9 Å². The van der Waals surface area contributed by atoms with Crippen LogP contribution in [0.2, 0.25) is 0 Å². The lowest BCUT2D eigenvalue weighted by molar-refractivity contribution is -0.133. The lowest BCUT2D eigenvalue weighted by atomic mass is 10.3. The quantitative estimate of drug-likeness (QED) is 0.774. The van der Waals surface area contributed by atoms with Crippen LogP contribution in [0.3, 0.4) is 0 Å². The molecule has 0 saturated carbocycles. The number of carboxylic acid groups (broad SMARTS) is 1. The fourth-order valence-corrected chi connectivity index (χ4v) is 2.59. The number of imidazole rings is 1. The van der Waals surface area contributed by atoms with Crippen LogP contribution in [0.1, 0.15) is 12.5 Å². The lowest BCUT2D eigenvalue weighted by Crippen LogP contribution is -2.27. The van der Waals surface area contributed by atoms with Gasteiger partial charge in [0.25, 0.3) is 0 Å². The van der Waals surface area contributed by atoms with E-state index in [1.165, 1.54) is 0 Å². The van der Waals surface area contributed by atoms with Crippen LogP contribution in [-0.2, 0) is 16.1 Å². The molecular formula is C13H16N4O3S. The molecule has 0 unspecified atom stereocenters. The smallest absolute Gasteiger partial charge is 0.313 e. The summed E-state index contributed by atoms with van der Waals surface area (Å²) in [6.45, 7) is 4.35. The van der Waals surface area contributed by atoms with Gasteiger partial charge < -0.3 is 10.4 Å². The molecule has 2 heterocycles. The van der Waals surface area contributed by atoms with Gasteiger partial charge in [-0.1, -0.05) is 11.8 Å². The molecule has 0 bridgehead atoms. The third-order valence-electron chi connectivity index (χ3n) is 2.69. The number of rotatable bonds is 6. The largest absolute Gasteiger partial charge is 0.481 e. The summed E-state index contributed by atoms with van der Waals surface area (Å²) in [7, 11) is 0. The first-order chi connectivity index (χ1) is 10.0. The van der Waals surface area contributed by atoms with Gasteiger partial charge in [-0.25, -0.2) is 9.97 Å². The molecule has 0 fully saturated rings. The van der Waals surface area contributed by atoms with Gasteiger partial charge in [-0.3, -0.25) is 14.2 Å². The third kappa shape index (κ3) is 3.72. The second-order valence-electron chi connectivity index (χ2n) is 4.47. The van der Waals surface area contributed by atoms with Gasteiger partial charge in [-0.2, -0.15) is 0 Å². The minimum absolute atomic E-state index is 0.0718. The molecule has 2 N–H and O–H groups in total. The van der Waals surface area contributed by atoms with Crippen LogP contribution in [0.5, 0.6) is 0 Å². The van der Waals surface area contributed by atoms with Crippen molar-refractivity contribution >= 4 is 34.8 Å². The number of likely N-dealkylation sites (N-methyl/N-ethyl adjacent to an activating group) is 1. The fraction of sp³-hybridized carbons (Fsp3) is 0.385. The second kappa shape index (κ2) is 6.57. The van der Waals surface area contributed by atoms with Gasteiger partial charge in [0.15, 0.2) is 10.8 Å². The molecule has 0 radical (unpaired) electrons. The van der Waals surface area contributed by atoms with E-state index in [1.54, 1.807) is 10.8 Å². The van der Waals surface area contributed by atoms with Gasteiger partial charge in [0, 0.05) is 12.7 Å². The Morgan fingerprint density at radius 2 is 2.24 bits per heavy atom. The maximum absolute atomic E-state index is 11.8. The molecule has 8 heteroatoms. The normalized spacial score (nSPS) is 10.8. The van der Waals surface area contributed by atoms with Gasteiger partial charge >= 0.3 is 5.97 Å². The third-order valence-corrected chi connectivity index (χ3v) is 3.65. The number of carbonyl (C=O) groups is 2. The highest BCUT2D eigenvalue weighted by atomic mass is 32.2. The number of carbonyl (C=O) groups excluding carboxylic acids is 1.